The van der Waals surface area contributed by atoms with Crippen LogP contribution in [0.25, 0.3) is 0 Å². The largest absolute Gasteiger partial charge is 0.352 e. The summed E-state index contributed by atoms with van der Waals surface area (Å²) in [6, 6.07) is 0.298. The Hall–Kier alpha value is -1.10. The monoisotopic (exact) mass is 199 g/mol. The van der Waals surface area contributed by atoms with Gasteiger partial charge >= 0.3 is 0 Å². The van der Waals surface area contributed by atoms with E-state index in [-0.39, 0.29) is 24.9 Å². The zero-order valence-corrected chi connectivity index (χ0v) is 8.38. The summed E-state index contributed by atoms with van der Waals surface area (Å²) < 4.78 is 0. The Kier molecular flexibility index (Phi) is 3.88. The fraction of sp³-hybridized carbons (Fsp3) is 0.778. The molecule has 0 bridgehead atoms. The van der Waals surface area contributed by atoms with Crippen LogP contribution in [0, 0.1) is 5.92 Å². The van der Waals surface area contributed by atoms with Gasteiger partial charge < -0.3 is 16.4 Å². The molecule has 0 aliphatic heterocycles. The maximum absolute atomic E-state index is 11.2. The minimum atomic E-state index is -0.304. The average molecular weight is 199 g/mol. The van der Waals surface area contributed by atoms with Gasteiger partial charge in [0.15, 0.2) is 0 Å². The quantitative estimate of drug-likeness (QED) is 0.541. The van der Waals surface area contributed by atoms with Crippen LogP contribution in [0.2, 0.25) is 0 Å². The number of amides is 2. The number of nitrogens with one attached hydrogen (secondary N) is 2. The molecular weight excluding hydrogens is 182 g/mol. The van der Waals surface area contributed by atoms with Gasteiger partial charge in [-0.2, -0.15) is 0 Å². The van der Waals surface area contributed by atoms with Crippen LogP contribution in [-0.2, 0) is 9.59 Å². The van der Waals surface area contributed by atoms with E-state index in [1.54, 1.807) is 0 Å². The first-order valence-electron chi connectivity index (χ1n) is 4.88. The van der Waals surface area contributed by atoms with Crippen molar-refractivity contribution in [2.75, 3.05) is 13.1 Å². The summed E-state index contributed by atoms with van der Waals surface area (Å²) in [5.41, 5.74) is 5.07. The van der Waals surface area contributed by atoms with Crippen molar-refractivity contribution in [2.45, 2.75) is 25.8 Å². The molecule has 0 spiro atoms. The topological polar surface area (TPSA) is 84.2 Å². The fourth-order valence-corrected chi connectivity index (χ4v) is 1.55. The van der Waals surface area contributed by atoms with E-state index in [0.29, 0.717) is 12.0 Å². The van der Waals surface area contributed by atoms with Gasteiger partial charge in [-0.15, -0.1) is 0 Å². The van der Waals surface area contributed by atoms with Crippen LogP contribution in [-0.4, -0.2) is 30.9 Å². The van der Waals surface area contributed by atoms with E-state index < -0.39 is 0 Å². The van der Waals surface area contributed by atoms with Crippen LogP contribution in [0.4, 0.5) is 0 Å². The Balaban J connectivity index is 2.07. The van der Waals surface area contributed by atoms with Crippen molar-refractivity contribution in [1.82, 2.24) is 10.6 Å². The first kappa shape index (κ1) is 11.0. The second-order valence-corrected chi connectivity index (χ2v) is 3.82. The zero-order valence-electron chi connectivity index (χ0n) is 8.38. The third-order valence-electron chi connectivity index (χ3n) is 2.37. The molecule has 1 aliphatic carbocycles. The summed E-state index contributed by atoms with van der Waals surface area (Å²) in [6.07, 6.45) is 2.08. The highest BCUT2D eigenvalue weighted by Gasteiger charge is 2.26. The highest BCUT2D eigenvalue weighted by molar-refractivity contribution is 5.85. The molecule has 1 saturated carbocycles. The molecule has 0 aromatic heterocycles. The van der Waals surface area contributed by atoms with Crippen molar-refractivity contribution in [2.24, 2.45) is 11.7 Å². The molecule has 0 atom stereocenters. The standard InChI is InChI=1S/C9H17N3O2/c1-6-2-7(3-6)12-9(14)5-11-8(13)4-10/h6-7H,2-5,10H2,1H3,(H,11,13)(H,12,14). The summed E-state index contributed by atoms with van der Waals surface area (Å²) in [6.45, 7) is 2.10. The van der Waals surface area contributed by atoms with E-state index >= 15 is 0 Å². The SMILES string of the molecule is CC1CC(NC(=O)CNC(=O)CN)C1. The third kappa shape index (κ3) is 3.33. The van der Waals surface area contributed by atoms with Crippen LogP contribution in [0.15, 0.2) is 0 Å². The molecule has 0 radical (unpaired) electrons. The molecule has 1 aliphatic rings. The average Bonchev–Trinajstić information content (AvgIpc) is 2.11. The summed E-state index contributed by atoms with van der Waals surface area (Å²) in [5.74, 6) is 0.268. The molecule has 80 valence electrons. The van der Waals surface area contributed by atoms with E-state index in [2.05, 4.69) is 17.6 Å². The van der Waals surface area contributed by atoms with Gasteiger partial charge in [0.1, 0.15) is 0 Å². The number of rotatable bonds is 4. The molecule has 0 heterocycles. The lowest BCUT2D eigenvalue weighted by Gasteiger charge is -2.33. The lowest BCUT2D eigenvalue weighted by atomic mass is 9.82. The number of hydrogen-bond acceptors (Lipinski definition) is 3. The molecule has 5 heteroatoms. The van der Waals surface area contributed by atoms with E-state index in [1.165, 1.54) is 0 Å². The smallest absolute Gasteiger partial charge is 0.239 e. The molecule has 0 aromatic carbocycles. The lowest BCUT2D eigenvalue weighted by Crippen LogP contribution is -2.47. The van der Waals surface area contributed by atoms with Crippen LogP contribution in [0.3, 0.4) is 0 Å². The van der Waals surface area contributed by atoms with Gasteiger partial charge in [-0.1, -0.05) is 6.92 Å². The molecule has 0 saturated heterocycles. The van der Waals surface area contributed by atoms with Crippen molar-refractivity contribution in [3.8, 4) is 0 Å². The number of carbonyl (C=O) groups is 2. The Morgan fingerprint density at radius 3 is 2.50 bits per heavy atom. The van der Waals surface area contributed by atoms with Gasteiger partial charge in [0.25, 0.3) is 0 Å². The van der Waals surface area contributed by atoms with Gasteiger partial charge in [-0.05, 0) is 18.8 Å². The Morgan fingerprint density at radius 1 is 1.36 bits per heavy atom. The van der Waals surface area contributed by atoms with Crippen molar-refractivity contribution in [3.63, 3.8) is 0 Å². The van der Waals surface area contributed by atoms with Crippen molar-refractivity contribution >= 4 is 11.8 Å². The van der Waals surface area contributed by atoms with Gasteiger partial charge in [-0.25, -0.2) is 0 Å². The van der Waals surface area contributed by atoms with Crippen molar-refractivity contribution in [1.29, 1.82) is 0 Å². The van der Waals surface area contributed by atoms with E-state index in [4.69, 9.17) is 5.73 Å². The molecule has 14 heavy (non-hydrogen) atoms. The predicted octanol–water partition coefficient (Wildman–Crippen LogP) is -1.02. The van der Waals surface area contributed by atoms with E-state index in [0.717, 1.165) is 12.8 Å². The fourth-order valence-electron chi connectivity index (χ4n) is 1.55. The minimum absolute atomic E-state index is 0.0287. The summed E-state index contributed by atoms with van der Waals surface area (Å²) in [7, 11) is 0. The molecule has 2 amide bonds. The van der Waals surface area contributed by atoms with Crippen LogP contribution in [0.1, 0.15) is 19.8 Å². The molecule has 1 fully saturated rings. The molecule has 0 aromatic rings. The predicted molar refractivity (Wildman–Crippen MR) is 52.4 cm³/mol. The van der Waals surface area contributed by atoms with Crippen LogP contribution >= 0.6 is 0 Å². The number of hydrogen-bond donors (Lipinski definition) is 3. The molecule has 1 rings (SSSR count). The maximum atomic E-state index is 11.2. The molecular formula is C9H17N3O2. The van der Waals surface area contributed by atoms with E-state index in [9.17, 15) is 9.59 Å². The second-order valence-electron chi connectivity index (χ2n) is 3.82. The van der Waals surface area contributed by atoms with E-state index in [1.807, 2.05) is 0 Å². The Labute approximate surface area is 83.4 Å². The van der Waals surface area contributed by atoms with Gasteiger partial charge in [0, 0.05) is 6.04 Å². The highest BCUT2D eigenvalue weighted by atomic mass is 16.2. The second kappa shape index (κ2) is 4.95. The van der Waals surface area contributed by atoms with Gasteiger partial charge in [0.05, 0.1) is 13.1 Å². The Bertz CT molecular complexity index is 224. The number of nitrogens with two attached hydrogens (primary N) is 1. The van der Waals surface area contributed by atoms with Crippen LogP contribution < -0.4 is 16.4 Å². The summed E-state index contributed by atoms with van der Waals surface area (Å²) >= 11 is 0. The minimum Gasteiger partial charge on any atom is -0.352 e. The third-order valence-corrected chi connectivity index (χ3v) is 2.37. The maximum Gasteiger partial charge on any atom is 0.239 e. The molecule has 0 unspecified atom stereocenters. The molecule has 5 nitrogen and oxygen atoms in total. The van der Waals surface area contributed by atoms with Gasteiger partial charge in [-0.3, -0.25) is 9.59 Å². The molecule has 4 N–H and O–H groups in total. The highest BCUT2D eigenvalue weighted by Crippen LogP contribution is 2.25. The normalized spacial score (nSPS) is 25.0. The first-order valence-corrected chi connectivity index (χ1v) is 4.88. The first-order chi connectivity index (χ1) is 6.61. The van der Waals surface area contributed by atoms with Gasteiger partial charge in [0.2, 0.25) is 11.8 Å². The lowest BCUT2D eigenvalue weighted by molar-refractivity contribution is -0.126. The number of carbonyl (C=O) groups excluding carboxylic acids is 2. The van der Waals surface area contributed by atoms with Crippen molar-refractivity contribution < 1.29 is 9.59 Å². The van der Waals surface area contributed by atoms with Crippen LogP contribution in [0.5, 0.6) is 0 Å². The zero-order chi connectivity index (χ0) is 10.6. The summed E-state index contributed by atoms with van der Waals surface area (Å²) in [4.78, 5) is 21.9. The van der Waals surface area contributed by atoms with Crippen molar-refractivity contribution in [3.05, 3.63) is 0 Å². The Morgan fingerprint density at radius 2 is 2.00 bits per heavy atom. The summed E-state index contributed by atoms with van der Waals surface area (Å²) in [5, 5.41) is 5.25.